The van der Waals surface area contributed by atoms with Gasteiger partial charge in [0.15, 0.2) is 17.2 Å². The zero-order valence-corrected chi connectivity index (χ0v) is 19.3. The number of ether oxygens (including phenoxy) is 2. The van der Waals surface area contributed by atoms with Crippen LogP contribution in [0.15, 0.2) is 54.6 Å². The van der Waals surface area contributed by atoms with Crippen LogP contribution in [0.5, 0.6) is 11.5 Å². The van der Waals surface area contributed by atoms with Crippen LogP contribution in [0.1, 0.15) is 35.6 Å². The smallest absolute Gasteiger partial charge is 0.272 e. The van der Waals surface area contributed by atoms with Gasteiger partial charge in [0.25, 0.3) is 5.91 Å². The monoisotopic (exact) mass is 436 g/mol. The number of hydrogen-bond donors (Lipinski definition) is 1. The number of aryl methyl sites for hydroxylation is 1. The third-order valence-electron chi connectivity index (χ3n) is 5.36. The lowest BCUT2D eigenvalue weighted by Gasteiger charge is -2.19. The zero-order chi connectivity index (χ0) is 22.9. The molecule has 0 fully saturated rings. The van der Waals surface area contributed by atoms with E-state index < -0.39 is 0 Å². The summed E-state index contributed by atoms with van der Waals surface area (Å²) in [4.78, 5) is 15.0. The largest absolute Gasteiger partial charge is 0.493 e. The van der Waals surface area contributed by atoms with Crippen molar-refractivity contribution in [3.05, 3.63) is 71.5 Å². The molecule has 1 aromatic heterocycles. The first-order chi connectivity index (χ1) is 15.5. The Balaban J connectivity index is 1.60. The van der Waals surface area contributed by atoms with Gasteiger partial charge in [-0.15, -0.1) is 0 Å². The highest BCUT2D eigenvalue weighted by Crippen LogP contribution is 2.28. The molecule has 0 spiro atoms. The van der Waals surface area contributed by atoms with Crippen molar-refractivity contribution in [3.63, 3.8) is 0 Å². The number of carbonyl (C=O) groups is 1. The Hall–Kier alpha value is -3.32. The third kappa shape index (κ3) is 5.88. The molecule has 0 radical (unpaired) electrons. The molecule has 3 rings (SSSR count). The number of amides is 1. The normalized spacial score (nSPS) is 10.9. The fourth-order valence-corrected chi connectivity index (χ4v) is 3.45. The summed E-state index contributed by atoms with van der Waals surface area (Å²) >= 11 is 0. The van der Waals surface area contributed by atoms with Crippen molar-refractivity contribution in [2.45, 2.75) is 27.3 Å². The number of rotatable bonds is 11. The van der Waals surface area contributed by atoms with Crippen molar-refractivity contribution in [3.8, 4) is 17.2 Å². The van der Waals surface area contributed by atoms with E-state index in [1.54, 1.807) is 17.9 Å². The van der Waals surface area contributed by atoms with Crippen LogP contribution in [0.25, 0.3) is 5.69 Å². The van der Waals surface area contributed by atoms with Gasteiger partial charge in [0.2, 0.25) is 0 Å². The van der Waals surface area contributed by atoms with Crippen LogP contribution >= 0.6 is 0 Å². The number of benzene rings is 2. The molecule has 7 nitrogen and oxygen atoms in total. The summed E-state index contributed by atoms with van der Waals surface area (Å²) < 4.78 is 13.2. The second-order valence-electron chi connectivity index (χ2n) is 7.46. The van der Waals surface area contributed by atoms with E-state index in [9.17, 15) is 4.79 Å². The standard InChI is InChI=1S/C25H32N4O3/c1-5-28(6-2)14-15-32-23-13-12-20(17-24(23)31-4)18-26-25(30)22-16-19(3)29(27-22)21-10-8-7-9-11-21/h7-13,16-17H,5-6,14-15,18H2,1-4H3,(H,26,30). The van der Waals surface area contributed by atoms with Crippen LogP contribution in [0, 0.1) is 6.92 Å². The first-order valence-corrected chi connectivity index (χ1v) is 11.0. The molecule has 2 aromatic carbocycles. The molecule has 7 heteroatoms. The number of methoxy groups -OCH3 is 1. The third-order valence-corrected chi connectivity index (χ3v) is 5.36. The molecule has 1 heterocycles. The summed E-state index contributed by atoms with van der Waals surface area (Å²) in [5, 5.41) is 7.39. The van der Waals surface area contributed by atoms with Gasteiger partial charge in [0, 0.05) is 18.8 Å². The Morgan fingerprint density at radius 1 is 1.06 bits per heavy atom. The number of nitrogens with zero attached hydrogens (tertiary/aromatic N) is 3. The van der Waals surface area contributed by atoms with Gasteiger partial charge >= 0.3 is 0 Å². The summed E-state index contributed by atoms with van der Waals surface area (Å²) in [6, 6.07) is 17.3. The molecule has 0 aliphatic carbocycles. The van der Waals surface area contributed by atoms with Gasteiger partial charge in [0.1, 0.15) is 6.61 Å². The van der Waals surface area contributed by atoms with E-state index in [4.69, 9.17) is 9.47 Å². The lowest BCUT2D eigenvalue weighted by Crippen LogP contribution is -2.28. The number of hydrogen-bond acceptors (Lipinski definition) is 5. The SMILES string of the molecule is CCN(CC)CCOc1ccc(CNC(=O)c2cc(C)n(-c3ccccc3)n2)cc1OC. The maximum absolute atomic E-state index is 12.7. The molecule has 170 valence electrons. The Labute approximate surface area is 190 Å². The van der Waals surface area contributed by atoms with Gasteiger partial charge in [-0.1, -0.05) is 38.1 Å². The van der Waals surface area contributed by atoms with E-state index in [0.29, 0.717) is 30.3 Å². The average molecular weight is 437 g/mol. The summed E-state index contributed by atoms with van der Waals surface area (Å²) in [5.41, 5.74) is 3.12. The predicted octanol–water partition coefficient (Wildman–Crippen LogP) is 3.84. The van der Waals surface area contributed by atoms with Crippen LogP contribution in [-0.2, 0) is 6.54 Å². The molecule has 32 heavy (non-hydrogen) atoms. The molecular weight excluding hydrogens is 404 g/mol. The van der Waals surface area contributed by atoms with Crippen LogP contribution < -0.4 is 14.8 Å². The molecule has 0 aliphatic heterocycles. The lowest BCUT2D eigenvalue weighted by molar-refractivity contribution is 0.0945. The van der Waals surface area contributed by atoms with E-state index in [2.05, 4.69) is 29.2 Å². The first-order valence-electron chi connectivity index (χ1n) is 11.0. The fourth-order valence-electron chi connectivity index (χ4n) is 3.45. The van der Waals surface area contributed by atoms with Gasteiger partial charge in [-0.25, -0.2) is 4.68 Å². The topological polar surface area (TPSA) is 68.6 Å². The van der Waals surface area contributed by atoms with Crippen molar-refractivity contribution in [1.82, 2.24) is 20.0 Å². The van der Waals surface area contributed by atoms with Crippen LogP contribution in [0.4, 0.5) is 0 Å². The maximum Gasteiger partial charge on any atom is 0.272 e. The Morgan fingerprint density at radius 2 is 1.81 bits per heavy atom. The highest BCUT2D eigenvalue weighted by Gasteiger charge is 2.14. The van der Waals surface area contributed by atoms with E-state index in [-0.39, 0.29) is 5.91 Å². The Kier molecular flexibility index (Phi) is 8.27. The second-order valence-corrected chi connectivity index (χ2v) is 7.46. The molecule has 0 unspecified atom stereocenters. The lowest BCUT2D eigenvalue weighted by atomic mass is 10.2. The van der Waals surface area contributed by atoms with Crippen molar-refractivity contribution in [1.29, 1.82) is 0 Å². The van der Waals surface area contributed by atoms with Crippen molar-refractivity contribution in [2.24, 2.45) is 0 Å². The van der Waals surface area contributed by atoms with Crippen LogP contribution in [0.3, 0.4) is 0 Å². The predicted molar refractivity (Wildman–Crippen MR) is 126 cm³/mol. The van der Waals surface area contributed by atoms with E-state index in [1.807, 2.05) is 55.5 Å². The average Bonchev–Trinajstić information content (AvgIpc) is 3.23. The highest BCUT2D eigenvalue weighted by atomic mass is 16.5. The number of carbonyl (C=O) groups excluding carboxylic acids is 1. The minimum absolute atomic E-state index is 0.221. The molecule has 0 saturated heterocycles. The maximum atomic E-state index is 12.7. The quantitative estimate of drug-likeness (QED) is 0.495. The summed E-state index contributed by atoms with van der Waals surface area (Å²) in [5.74, 6) is 1.13. The van der Waals surface area contributed by atoms with E-state index >= 15 is 0 Å². The van der Waals surface area contributed by atoms with E-state index in [0.717, 1.165) is 36.6 Å². The molecule has 0 aliphatic rings. The molecular formula is C25H32N4O3. The van der Waals surface area contributed by atoms with Gasteiger partial charge < -0.3 is 19.7 Å². The summed E-state index contributed by atoms with van der Waals surface area (Å²) in [6.45, 7) is 10.0. The molecule has 1 amide bonds. The molecule has 0 saturated carbocycles. The first kappa shape index (κ1) is 23.3. The van der Waals surface area contributed by atoms with Gasteiger partial charge in [0.05, 0.1) is 12.8 Å². The minimum atomic E-state index is -0.221. The van der Waals surface area contributed by atoms with Gasteiger partial charge in [-0.3, -0.25) is 4.79 Å². The van der Waals surface area contributed by atoms with Gasteiger partial charge in [-0.05, 0) is 55.9 Å². The van der Waals surface area contributed by atoms with Crippen molar-refractivity contribution in [2.75, 3.05) is 33.4 Å². The van der Waals surface area contributed by atoms with E-state index in [1.165, 1.54) is 0 Å². The molecule has 0 atom stereocenters. The highest BCUT2D eigenvalue weighted by molar-refractivity contribution is 5.92. The zero-order valence-electron chi connectivity index (χ0n) is 19.3. The Bertz CT molecular complexity index is 1010. The number of para-hydroxylation sites is 1. The number of nitrogens with one attached hydrogen (secondary N) is 1. The molecule has 1 N–H and O–H groups in total. The van der Waals surface area contributed by atoms with Crippen molar-refractivity contribution < 1.29 is 14.3 Å². The molecule has 3 aromatic rings. The van der Waals surface area contributed by atoms with Gasteiger partial charge in [-0.2, -0.15) is 5.10 Å². The number of likely N-dealkylation sites (N-methyl/N-ethyl adjacent to an activating group) is 1. The fraction of sp³-hybridized carbons (Fsp3) is 0.360. The van der Waals surface area contributed by atoms with Crippen LogP contribution in [0.2, 0.25) is 0 Å². The summed E-state index contributed by atoms with van der Waals surface area (Å²) in [6.07, 6.45) is 0. The minimum Gasteiger partial charge on any atom is -0.493 e. The number of aromatic nitrogens is 2. The Morgan fingerprint density at radius 3 is 2.50 bits per heavy atom. The van der Waals surface area contributed by atoms with Crippen molar-refractivity contribution >= 4 is 5.91 Å². The summed E-state index contributed by atoms with van der Waals surface area (Å²) in [7, 11) is 1.62. The van der Waals surface area contributed by atoms with Crippen LogP contribution in [-0.4, -0.2) is 53.9 Å². The second kappa shape index (κ2) is 11.3. The molecule has 0 bridgehead atoms.